The molecule has 1 aromatic rings. The summed E-state index contributed by atoms with van der Waals surface area (Å²) in [5, 5.41) is -0.690. The zero-order valence-corrected chi connectivity index (χ0v) is 12.3. The van der Waals surface area contributed by atoms with E-state index in [-0.39, 0.29) is 6.42 Å². The normalized spacial score (nSPS) is 11.5. The summed E-state index contributed by atoms with van der Waals surface area (Å²) in [6.07, 6.45) is -0.0686. The molecule has 1 unspecified atom stereocenters. The molecule has 4 nitrogen and oxygen atoms in total. The van der Waals surface area contributed by atoms with Gasteiger partial charge in [-0.2, -0.15) is 0 Å². The van der Waals surface area contributed by atoms with Gasteiger partial charge in [0.05, 0.1) is 24.8 Å². The van der Waals surface area contributed by atoms with Crippen LogP contribution in [0.15, 0.2) is 30.3 Å². The summed E-state index contributed by atoms with van der Waals surface area (Å²) in [6, 6.07) is 9.29. The first-order valence-electron chi connectivity index (χ1n) is 5.49. The van der Waals surface area contributed by atoms with Crippen LogP contribution in [0.25, 0.3) is 0 Å². The van der Waals surface area contributed by atoms with Crippen molar-refractivity contribution in [2.75, 3.05) is 14.2 Å². The van der Waals surface area contributed by atoms with Crippen LogP contribution >= 0.6 is 24.0 Å². The molecule has 0 N–H and O–H groups in total. The Hall–Kier alpha value is -1.40. The number of rotatable bonds is 5. The molecule has 0 aliphatic rings. The summed E-state index contributed by atoms with van der Waals surface area (Å²) in [4.78, 5) is 22.9. The number of carbonyl (C=O) groups excluding carboxylic acids is 2. The molecular formula is C13H14O4S2. The van der Waals surface area contributed by atoms with E-state index in [4.69, 9.17) is 12.2 Å². The van der Waals surface area contributed by atoms with Crippen LogP contribution in [-0.2, 0) is 19.1 Å². The van der Waals surface area contributed by atoms with Gasteiger partial charge >= 0.3 is 11.9 Å². The minimum absolute atomic E-state index is 0.0686. The number of thioether (sulfide) groups is 1. The van der Waals surface area contributed by atoms with E-state index in [1.54, 1.807) is 0 Å². The minimum atomic E-state index is -0.690. The molecule has 0 amide bonds. The second kappa shape index (κ2) is 7.91. The summed E-state index contributed by atoms with van der Waals surface area (Å²) < 4.78 is 9.77. The van der Waals surface area contributed by atoms with Crippen LogP contribution in [0.3, 0.4) is 0 Å². The lowest BCUT2D eigenvalue weighted by Crippen LogP contribution is -2.24. The van der Waals surface area contributed by atoms with E-state index in [0.29, 0.717) is 4.20 Å². The zero-order chi connectivity index (χ0) is 14.3. The second-order valence-electron chi connectivity index (χ2n) is 3.56. The van der Waals surface area contributed by atoms with Gasteiger partial charge in [-0.05, 0) is 5.56 Å². The molecular weight excluding hydrogens is 284 g/mol. The summed E-state index contributed by atoms with van der Waals surface area (Å²) in [5.74, 6) is -0.965. The van der Waals surface area contributed by atoms with E-state index < -0.39 is 17.2 Å². The fourth-order valence-electron chi connectivity index (χ4n) is 1.31. The Morgan fingerprint density at radius 1 is 1.21 bits per heavy atom. The van der Waals surface area contributed by atoms with Gasteiger partial charge in [-0.3, -0.25) is 9.59 Å². The van der Waals surface area contributed by atoms with Crippen molar-refractivity contribution < 1.29 is 19.1 Å². The summed E-state index contributed by atoms with van der Waals surface area (Å²) in [7, 11) is 2.55. The number of methoxy groups -OCH3 is 2. The van der Waals surface area contributed by atoms with Crippen LogP contribution in [-0.4, -0.2) is 35.6 Å². The standard InChI is InChI=1S/C13H14O4S2/c1-16-11(14)8-10(12(15)17-2)19-13(18)9-6-4-3-5-7-9/h3-7,10H,8H2,1-2H3. The number of esters is 2. The molecule has 0 spiro atoms. The summed E-state index contributed by atoms with van der Waals surface area (Å²) >= 11 is 6.39. The first kappa shape index (κ1) is 15.7. The van der Waals surface area contributed by atoms with Crippen LogP contribution < -0.4 is 0 Å². The van der Waals surface area contributed by atoms with Crippen molar-refractivity contribution in [1.82, 2.24) is 0 Å². The number of hydrogen-bond acceptors (Lipinski definition) is 6. The Balaban J connectivity index is 2.74. The molecule has 102 valence electrons. The average Bonchev–Trinajstić information content (AvgIpc) is 2.46. The van der Waals surface area contributed by atoms with Gasteiger partial charge in [0.2, 0.25) is 0 Å². The van der Waals surface area contributed by atoms with E-state index in [9.17, 15) is 9.59 Å². The van der Waals surface area contributed by atoms with Crippen molar-refractivity contribution in [3.63, 3.8) is 0 Å². The lowest BCUT2D eigenvalue weighted by atomic mass is 10.2. The van der Waals surface area contributed by atoms with E-state index in [1.165, 1.54) is 14.2 Å². The topological polar surface area (TPSA) is 52.6 Å². The van der Waals surface area contributed by atoms with Gasteiger partial charge in [-0.15, -0.1) is 0 Å². The van der Waals surface area contributed by atoms with E-state index >= 15 is 0 Å². The third kappa shape index (κ3) is 5.00. The minimum Gasteiger partial charge on any atom is -0.469 e. The van der Waals surface area contributed by atoms with Gasteiger partial charge in [0.25, 0.3) is 0 Å². The predicted octanol–water partition coefficient (Wildman–Crippen LogP) is 2.20. The van der Waals surface area contributed by atoms with Gasteiger partial charge in [0.1, 0.15) is 5.25 Å². The molecule has 1 atom stereocenters. The van der Waals surface area contributed by atoms with Crippen molar-refractivity contribution in [3.8, 4) is 0 Å². The van der Waals surface area contributed by atoms with E-state index in [2.05, 4.69) is 9.47 Å². The van der Waals surface area contributed by atoms with Gasteiger partial charge in [-0.1, -0.05) is 54.3 Å². The molecule has 0 saturated heterocycles. The molecule has 0 heterocycles. The van der Waals surface area contributed by atoms with Gasteiger partial charge in [0.15, 0.2) is 0 Å². The molecule has 0 aliphatic heterocycles. The highest BCUT2D eigenvalue weighted by Gasteiger charge is 2.25. The second-order valence-corrected chi connectivity index (χ2v) is 5.44. The third-order valence-corrected chi connectivity index (χ3v) is 3.92. The number of carbonyl (C=O) groups is 2. The fraction of sp³-hybridized carbons (Fsp3) is 0.308. The van der Waals surface area contributed by atoms with Crippen molar-refractivity contribution in [1.29, 1.82) is 0 Å². The highest BCUT2D eigenvalue weighted by molar-refractivity contribution is 8.24. The van der Waals surface area contributed by atoms with Gasteiger partial charge in [0, 0.05) is 0 Å². The lowest BCUT2D eigenvalue weighted by molar-refractivity contribution is -0.146. The number of hydrogen-bond donors (Lipinski definition) is 0. The summed E-state index contributed by atoms with van der Waals surface area (Å²) in [5.41, 5.74) is 0.835. The SMILES string of the molecule is COC(=O)CC(SC(=S)c1ccccc1)C(=O)OC. The molecule has 6 heteroatoms. The maximum atomic E-state index is 11.6. The zero-order valence-electron chi connectivity index (χ0n) is 10.6. The van der Waals surface area contributed by atoms with Crippen LogP contribution in [0.4, 0.5) is 0 Å². The molecule has 1 rings (SSSR count). The summed E-state index contributed by atoms with van der Waals surface area (Å²) in [6.45, 7) is 0. The third-order valence-electron chi connectivity index (χ3n) is 2.30. The molecule has 0 radical (unpaired) electrons. The van der Waals surface area contributed by atoms with Crippen molar-refractivity contribution in [2.24, 2.45) is 0 Å². The molecule has 0 fully saturated rings. The predicted molar refractivity (Wildman–Crippen MR) is 78.2 cm³/mol. The molecule has 1 aromatic carbocycles. The number of ether oxygens (including phenoxy) is 2. The molecule has 19 heavy (non-hydrogen) atoms. The van der Waals surface area contributed by atoms with Crippen molar-refractivity contribution >= 4 is 40.1 Å². The Morgan fingerprint density at radius 3 is 2.37 bits per heavy atom. The largest absolute Gasteiger partial charge is 0.469 e. The number of thiocarbonyl (C=S) groups is 1. The lowest BCUT2D eigenvalue weighted by Gasteiger charge is -2.13. The molecule has 0 aromatic heterocycles. The monoisotopic (exact) mass is 298 g/mol. The average molecular weight is 298 g/mol. The smallest absolute Gasteiger partial charge is 0.319 e. The van der Waals surface area contributed by atoms with Crippen LogP contribution in [0.2, 0.25) is 0 Å². The Morgan fingerprint density at radius 2 is 1.84 bits per heavy atom. The number of benzene rings is 1. The van der Waals surface area contributed by atoms with Crippen molar-refractivity contribution in [3.05, 3.63) is 35.9 Å². The molecule has 0 saturated carbocycles. The van der Waals surface area contributed by atoms with E-state index in [0.717, 1.165) is 17.3 Å². The Kier molecular flexibility index (Phi) is 6.52. The van der Waals surface area contributed by atoms with Gasteiger partial charge < -0.3 is 9.47 Å². The van der Waals surface area contributed by atoms with Crippen LogP contribution in [0.1, 0.15) is 12.0 Å². The van der Waals surface area contributed by atoms with Crippen LogP contribution in [0.5, 0.6) is 0 Å². The highest BCUT2D eigenvalue weighted by atomic mass is 32.2. The quantitative estimate of drug-likeness (QED) is 0.613. The maximum Gasteiger partial charge on any atom is 0.319 e. The fourth-order valence-corrected chi connectivity index (χ4v) is 2.74. The van der Waals surface area contributed by atoms with E-state index in [1.807, 2.05) is 30.3 Å². The Bertz CT molecular complexity index is 459. The molecule has 0 aliphatic carbocycles. The van der Waals surface area contributed by atoms with Crippen LogP contribution in [0, 0.1) is 0 Å². The first-order chi connectivity index (χ1) is 9.08. The van der Waals surface area contributed by atoms with Gasteiger partial charge in [-0.25, -0.2) is 0 Å². The Labute approximate surface area is 121 Å². The molecule has 0 bridgehead atoms. The maximum absolute atomic E-state index is 11.6. The van der Waals surface area contributed by atoms with Crippen molar-refractivity contribution in [2.45, 2.75) is 11.7 Å². The first-order valence-corrected chi connectivity index (χ1v) is 6.78. The highest BCUT2D eigenvalue weighted by Crippen LogP contribution is 2.23.